The van der Waals surface area contributed by atoms with E-state index in [1.807, 2.05) is 0 Å². The van der Waals surface area contributed by atoms with Gasteiger partial charge in [0.1, 0.15) is 0 Å². The summed E-state index contributed by atoms with van der Waals surface area (Å²) >= 11 is 3.70. The molecule has 1 nitrogen and oxygen atoms in total. The van der Waals surface area contributed by atoms with Crippen LogP contribution in [0, 0.1) is 5.92 Å². The molecule has 0 bridgehead atoms. The van der Waals surface area contributed by atoms with Crippen LogP contribution in [0.15, 0.2) is 0 Å². The van der Waals surface area contributed by atoms with E-state index in [-0.39, 0.29) is 5.60 Å². The smallest absolute Gasteiger partial charge is 0.0782 e. The monoisotopic (exact) mass is 288 g/mol. The van der Waals surface area contributed by atoms with E-state index in [1.54, 1.807) is 0 Å². The van der Waals surface area contributed by atoms with Crippen LogP contribution < -0.4 is 0 Å². The minimum Gasteiger partial charge on any atom is -0.371 e. The summed E-state index contributed by atoms with van der Waals surface area (Å²) in [7, 11) is 0. The Labute approximate surface area is 108 Å². The fourth-order valence-corrected chi connectivity index (χ4v) is 3.75. The van der Waals surface area contributed by atoms with Gasteiger partial charge in [-0.1, -0.05) is 48.0 Å². The molecule has 1 unspecified atom stereocenters. The number of alkyl halides is 1. The Balaban J connectivity index is 1.90. The third-order valence-corrected chi connectivity index (χ3v) is 5.53. The van der Waals surface area contributed by atoms with E-state index in [4.69, 9.17) is 4.74 Å². The van der Waals surface area contributed by atoms with E-state index >= 15 is 0 Å². The lowest BCUT2D eigenvalue weighted by molar-refractivity contribution is -0.113. The number of hydrogen-bond donors (Lipinski definition) is 0. The molecule has 2 aliphatic rings. The highest BCUT2D eigenvalue weighted by Gasteiger charge is 2.35. The van der Waals surface area contributed by atoms with Gasteiger partial charge in [0.05, 0.1) is 11.7 Å². The molecule has 0 aromatic heterocycles. The van der Waals surface area contributed by atoms with Crippen molar-refractivity contribution in [2.24, 2.45) is 5.92 Å². The molecule has 0 amide bonds. The van der Waals surface area contributed by atoms with Crippen molar-refractivity contribution < 1.29 is 4.74 Å². The molecular formula is C14H25BrO. The molecule has 2 aliphatic carbocycles. The molecule has 0 radical (unpaired) electrons. The minimum absolute atomic E-state index is 0.158. The summed E-state index contributed by atoms with van der Waals surface area (Å²) in [5.74, 6) is 0.846. The van der Waals surface area contributed by atoms with Crippen molar-refractivity contribution in [3.63, 3.8) is 0 Å². The molecule has 0 aromatic carbocycles. The SMILES string of the molecule is CC(OC1(CBr)CCCCCC1)C1CCC1. The van der Waals surface area contributed by atoms with Crippen molar-refractivity contribution in [1.82, 2.24) is 0 Å². The Kier molecular flexibility index (Phi) is 4.72. The highest BCUT2D eigenvalue weighted by atomic mass is 79.9. The Morgan fingerprint density at radius 3 is 2.19 bits per heavy atom. The van der Waals surface area contributed by atoms with Crippen LogP contribution in [0.1, 0.15) is 64.7 Å². The van der Waals surface area contributed by atoms with Gasteiger partial charge in [-0.15, -0.1) is 0 Å². The van der Waals surface area contributed by atoms with Crippen molar-refractivity contribution in [2.45, 2.75) is 76.4 Å². The average Bonchev–Trinajstić information content (AvgIpc) is 2.41. The summed E-state index contributed by atoms with van der Waals surface area (Å²) in [6, 6.07) is 0. The van der Waals surface area contributed by atoms with Crippen LogP contribution in [-0.4, -0.2) is 17.0 Å². The number of halogens is 1. The van der Waals surface area contributed by atoms with Crippen molar-refractivity contribution in [3.05, 3.63) is 0 Å². The molecule has 0 N–H and O–H groups in total. The zero-order valence-corrected chi connectivity index (χ0v) is 12.1. The zero-order chi connectivity index (χ0) is 11.4. The summed E-state index contributed by atoms with van der Waals surface area (Å²) in [4.78, 5) is 0. The Morgan fingerprint density at radius 1 is 1.12 bits per heavy atom. The predicted molar refractivity (Wildman–Crippen MR) is 72.1 cm³/mol. The average molecular weight is 289 g/mol. The lowest BCUT2D eigenvalue weighted by Gasteiger charge is -2.40. The highest BCUT2D eigenvalue weighted by Crippen LogP contribution is 2.38. The standard InChI is InChI=1S/C14H25BrO/c1-12(13-7-6-8-13)16-14(11-15)9-4-2-3-5-10-14/h12-13H,2-11H2,1H3. The topological polar surface area (TPSA) is 9.23 Å². The van der Waals surface area contributed by atoms with E-state index in [9.17, 15) is 0 Å². The number of hydrogen-bond acceptors (Lipinski definition) is 1. The van der Waals surface area contributed by atoms with Crippen molar-refractivity contribution in [2.75, 3.05) is 5.33 Å². The van der Waals surface area contributed by atoms with Gasteiger partial charge < -0.3 is 4.74 Å². The molecule has 2 heteroatoms. The fourth-order valence-electron chi connectivity index (χ4n) is 3.06. The quantitative estimate of drug-likeness (QED) is 0.539. The minimum atomic E-state index is 0.158. The summed E-state index contributed by atoms with van der Waals surface area (Å²) < 4.78 is 6.47. The van der Waals surface area contributed by atoms with Crippen LogP contribution in [0.4, 0.5) is 0 Å². The zero-order valence-electron chi connectivity index (χ0n) is 10.5. The molecule has 0 aliphatic heterocycles. The molecule has 1 atom stereocenters. The summed E-state index contributed by atoms with van der Waals surface area (Å²) in [6.07, 6.45) is 12.7. The van der Waals surface area contributed by atoms with Crippen LogP contribution in [0.5, 0.6) is 0 Å². The van der Waals surface area contributed by atoms with Crippen molar-refractivity contribution >= 4 is 15.9 Å². The second-order valence-corrected chi connectivity index (χ2v) is 6.31. The molecule has 0 aromatic rings. The lowest BCUT2D eigenvalue weighted by Crippen LogP contribution is -2.41. The van der Waals surface area contributed by atoms with Crippen LogP contribution in [0.2, 0.25) is 0 Å². The largest absolute Gasteiger partial charge is 0.371 e. The summed E-state index contributed by atoms with van der Waals surface area (Å²) in [5.41, 5.74) is 0.158. The van der Waals surface area contributed by atoms with Gasteiger partial charge in [0.25, 0.3) is 0 Å². The van der Waals surface area contributed by atoms with Gasteiger partial charge in [-0.2, -0.15) is 0 Å². The third kappa shape index (κ3) is 3.01. The van der Waals surface area contributed by atoms with E-state index < -0.39 is 0 Å². The molecule has 16 heavy (non-hydrogen) atoms. The highest BCUT2D eigenvalue weighted by molar-refractivity contribution is 9.09. The second-order valence-electron chi connectivity index (χ2n) is 5.74. The van der Waals surface area contributed by atoms with E-state index in [1.165, 1.54) is 57.8 Å². The molecule has 0 spiro atoms. The van der Waals surface area contributed by atoms with Crippen LogP contribution in [0.25, 0.3) is 0 Å². The third-order valence-electron chi connectivity index (χ3n) is 4.51. The van der Waals surface area contributed by atoms with Crippen molar-refractivity contribution in [1.29, 1.82) is 0 Å². The van der Waals surface area contributed by atoms with Crippen molar-refractivity contribution in [3.8, 4) is 0 Å². The van der Waals surface area contributed by atoms with E-state index in [0.717, 1.165) is 11.2 Å². The fraction of sp³-hybridized carbons (Fsp3) is 1.00. The van der Waals surface area contributed by atoms with Gasteiger partial charge >= 0.3 is 0 Å². The maximum Gasteiger partial charge on any atom is 0.0782 e. The first-order chi connectivity index (χ1) is 7.76. The summed E-state index contributed by atoms with van der Waals surface area (Å²) in [6.45, 7) is 2.29. The van der Waals surface area contributed by atoms with E-state index in [2.05, 4.69) is 22.9 Å². The molecule has 94 valence electrons. The molecule has 0 saturated heterocycles. The van der Waals surface area contributed by atoms with Gasteiger partial charge in [0, 0.05) is 5.33 Å². The maximum atomic E-state index is 6.47. The second kappa shape index (κ2) is 5.86. The van der Waals surface area contributed by atoms with Crippen LogP contribution in [0.3, 0.4) is 0 Å². The number of rotatable bonds is 4. The molecule has 2 rings (SSSR count). The summed E-state index contributed by atoms with van der Waals surface area (Å²) in [5, 5.41) is 1.02. The van der Waals surface area contributed by atoms with Gasteiger partial charge in [0.2, 0.25) is 0 Å². The maximum absolute atomic E-state index is 6.47. The molecular weight excluding hydrogens is 264 g/mol. The predicted octanol–water partition coefficient (Wildman–Crippen LogP) is 4.68. The Morgan fingerprint density at radius 2 is 1.75 bits per heavy atom. The van der Waals surface area contributed by atoms with Gasteiger partial charge in [-0.05, 0) is 38.5 Å². The molecule has 0 heterocycles. The first-order valence-electron chi connectivity index (χ1n) is 6.99. The Bertz CT molecular complexity index is 205. The first kappa shape index (κ1) is 12.9. The van der Waals surface area contributed by atoms with Gasteiger partial charge in [0.15, 0.2) is 0 Å². The molecule has 2 fully saturated rings. The van der Waals surface area contributed by atoms with Crippen LogP contribution >= 0.6 is 15.9 Å². The normalized spacial score (nSPS) is 28.1. The van der Waals surface area contributed by atoms with Gasteiger partial charge in [-0.3, -0.25) is 0 Å². The van der Waals surface area contributed by atoms with E-state index in [0.29, 0.717) is 6.10 Å². The number of ether oxygens (including phenoxy) is 1. The first-order valence-corrected chi connectivity index (χ1v) is 8.12. The lowest BCUT2D eigenvalue weighted by atomic mass is 9.81. The van der Waals surface area contributed by atoms with Gasteiger partial charge in [-0.25, -0.2) is 0 Å². The van der Waals surface area contributed by atoms with Crippen LogP contribution in [-0.2, 0) is 4.74 Å². The molecule has 2 saturated carbocycles. The Hall–Kier alpha value is 0.440.